The van der Waals surface area contributed by atoms with E-state index >= 15 is 0 Å². The molecule has 0 unspecified atom stereocenters. The maximum atomic E-state index is 12.0. The minimum Gasteiger partial charge on any atom is -0.480 e. The molecule has 98 valence electrons. The van der Waals surface area contributed by atoms with Crippen molar-refractivity contribution in [3.8, 4) is 5.75 Å². The molecule has 0 radical (unpaired) electrons. The number of halogens is 1. The highest BCUT2D eigenvalue weighted by Gasteiger charge is 2.28. The van der Waals surface area contributed by atoms with Crippen molar-refractivity contribution in [1.82, 2.24) is 15.5 Å². The Bertz CT molecular complexity index is 598. The van der Waals surface area contributed by atoms with Gasteiger partial charge in [0.25, 0.3) is 5.91 Å². The van der Waals surface area contributed by atoms with Gasteiger partial charge in [0.1, 0.15) is 5.75 Å². The number of aromatic amines is 1. The van der Waals surface area contributed by atoms with Crippen molar-refractivity contribution in [1.29, 1.82) is 0 Å². The summed E-state index contributed by atoms with van der Waals surface area (Å²) in [5.74, 6) is 0.591. The number of ether oxygens (including phenoxy) is 1. The molecule has 1 aliphatic rings. The van der Waals surface area contributed by atoms with Crippen LogP contribution in [-0.2, 0) is 17.8 Å². The minimum absolute atomic E-state index is 0.137. The first-order valence-corrected chi connectivity index (χ1v) is 6.31. The van der Waals surface area contributed by atoms with Crippen LogP contribution in [0.4, 0.5) is 0 Å². The molecule has 0 bridgehead atoms. The molecule has 0 saturated heterocycles. The third-order valence-electron chi connectivity index (χ3n) is 3.00. The number of hydrogen-bond donors (Lipinski definition) is 2. The number of nitrogens with zero attached hydrogens (tertiary/aromatic N) is 1. The van der Waals surface area contributed by atoms with Crippen LogP contribution >= 0.6 is 11.6 Å². The fraction of sp³-hybridized carbons (Fsp3) is 0.231. The number of fused-ring (bicyclic) bond motifs is 1. The van der Waals surface area contributed by atoms with E-state index < -0.39 is 6.10 Å². The zero-order valence-electron chi connectivity index (χ0n) is 10.0. The average molecular weight is 278 g/mol. The van der Waals surface area contributed by atoms with E-state index in [1.165, 1.54) is 0 Å². The van der Waals surface area contributed by atoms with Crippen LogP contribution in [0.5, 0.6) is 5.75 Å². The molecule has 2 heterocycles. The smallest absolute Gasteiger partial charge is 0.261 e. The van der Waals surface area contributed by atoms with Crippen molar-refractivity contribution >= 4 is 17.5 Å². The normalized spacial score (nSPS) is 16.8. The number of rotatable bonds is 3. The Morgan fingerprint density at radius 3 is 3.21 bits per heavy atom. The van der Waals surface area contributed by atoms with Gasteiger partial charge in [-0.3, -0.25) is 9.89 Å². The maximum Gasteiger partial charge on any atom is 0.261 e. The molecule has 5 nitrogen and oxygen atoms in total. The van der Waals surface area contributed by atoms with E-state index in [-0.39, 0.29) is 5.91 Å². The molecule has 3 rings (SSSR count). The van der Waals surface area contributed by atoms with Gasteiger partial charge in [0, 0.05) is 17.6 Å². The van der Waals surface area contributed by atoms with E-state index in [4.69, 9.17) is 16.3 Å². The fourth-order valence-corrected chi connectivity index (χ4v) is 2.24. The Balaban J connectivity index is 1.61. The number of carbonyl (C=O) groups is 1. The van der Waals surface area contributed by atoms with Gasteiger partial charge in [0.15, 0.2) is 6.10 Å². The minimum atomic E-state index is -0.489. The van der Waals surface area contributed by atoms with Crippen LogP contribution < -0.4 is 10.1 Å². The van der Waals surface area contributed by atoms with Crippen LogP contribution in [0.25, 0.3) is 0 Å². The highest BCUT2D eigenvalue weighted by Crippen LogP contribution is 2.31. The van der Waals surface area contributed by atoms with Crippen molar-refractivity contribution in [3.63, 3.8) is 0 Å². The van der Waals surface area contributed by atoms with E-state index in [1.54, 1.807) is 18.3 Å². The summed E-state index contributed by atoms with van der Waals surface area (Å²) < 4.78 is 5.60. The van der Waals surface area contributed by atoms with Gasteiger partial charge in [0.2, 0.25) is 0 Å². The number of aromatic nitrogens is 2. The quantitative estimate of drug-likeness (QED) is 0.897. The number of hydrogen-bond acceptors (Lipinski definition) is 3. The van der Waals surface area contributed by atoms with Gasteiger partial charge in [0.05, 0.1) is 12.2 Å². The molecular formula is C13H12ClN3O2. The molecule has 0 aliphatic carbocycles. The van der Waals surface area contributed by atoms with E-state index in [9.17, 15) is 4.79 Å². The molecule has 1 aliphatic heterocycles. The fourth-order valence-electron chi connectivity index (χ4n) is 2.04. The first kappa shape index (κ1) is 12.0. The first-order chi connectivity index (χ1) is 9.22. The SMILES string of the molecule is O=C(NCc1ccn[nH]1)[C@@H]1Cc2cc(Cl)ccc2O1. The Labute approximate surface area is 114 Å². The lowest BCUT2D eigenvalue weighted by atomic mass is 10.1. The number of nitrogens with one attached hydrogen (secondary N) is 2. The Kier molecular flexibility index (Phi) is 3.13. The number of benzene rings is 1. The highest BCUT2D eigenvalue weighted by atomic mass is 35.5. The van der Waals surface area contributed by atoms with E-state index in [2.05, 4.69) is 15.5 Å². The van der Waals surface area contributed by atoms with Gasteiger partial charge < -0.3 is 10.1 Å². The van der Waals surface area contributed by atoms with E-state index in [0.29, 0.717) is 18.0 Å². The van der Waals surface area contributed by atoms with Crippen molar-refractivity contribution in [2.45, 2.75) is 19.1 Å². The van der Waals surface area contributed by atoms with Crippen molar-refractivity contribution in [2.24, 2.45) is 0 Å². The van der Waals surface area contributed by atoms with Crippen molar-refractivity contribution in [2.75, 3.05) is 0 Å². The van der Waals surface area contributed by atoms with Crippen LogP contribution in [0.3, 0.4) is 0 Å². The average Bonchev–Trinajstić information content (AvgIpc) is 3.04. The molecular weight excluding hydrogens is 266 g/mol. The summed E-state index contributed by atoms with van der Waals surface area (Å²) in [5.41, 5.74) is 1.82. The van der Waals surface area contributed by atoms with Crippen molar-refractivity contribution in [3.05, 3.63) is 46.7 Å². The summed E-state index contributed by atoms with van der Waals surface area (Å²) in [5, 5.41) is 10.1. The van der Waals surface area contributed by atoms with Crippen LogP contribution in [0.2, 0.25) is 5.02 Å². The third-order valence-corrected chi connectivity index (χ3v) is 3.24. The van der Waals surface area contributed by atoms with Crippen LogP contribution in [0, 0.1) is 0 Å². The van der Waals surface area contributed by atoms with Gasteiger partial charge in [-0.1, -0.05) is 11.6 Å². The van der Waals surface area contributed by atoms with Gasteiger partial charge in [-0.15, -0.1) is 0 Å². The topological polar surface area (TPSA) is 67.0 Å². The largest absolute Gasteiger partial charge is 0.480 e. The number of carbonyl (C=O) groups excluding carboxylic acids is 1. The van der Waals surface area contributed by atoms with Gasteiger partial charge in [-0.25, -0.2) is 0 Å². The molecule has 0 fully saturated rings. The van der Waals surface area contributed by atoms with Crippen molar-refractivity contribution < 1.29 is 9.53 Å². The second kappa shape index (κ2) is 4.93. The molecule has 0 saturated carbocycles. The highest BCUT2D eigenvalue weighted by molar-refractivity contribution is 6.30. The lowest BCUT2D eigenvalue weighted by Crippen LogP contribution is -2.37. The Morgan fingerprint density at radius 2 is 2.42 bits per heavy atom. The summed E-state index contributed by atoms with van der Waals surface area (Å²) in [4.78, 5) is 12.0. The van der Waals surface area contributed by atoms with Crippen LogP contribution in [-0.4, -0.2) is 22.2 Å². The van der Waals surface area contributed by atoms with Gasteiger partial charge in [-0.05, 0) is 29.8 Å². The lowest BCUT2D eigenvalue weighted by Gasteiger charge is -2.10. The summed E-state index contributed by atoms with van der Waals surface area (Å²) in [6, 6.07) is 7.19. The molecule has 1 atom stereocenters. The summed E-state index contributed by atoms with van der Waals surface area (Å²) in [6.45, 7) is 0.412. The predicted octanol–water partition coefficient (Wildman–Crippen LogP) is 1.68. The molecule has 1 aromatic heterocycles. The molecule has 6 heteroatoms. The summed E-state index contributed by atoms with van der Waals surface area (Å²) >= 11 is 5.91. The van der Waals surface area contributed by atoms with Crippen LogP contribution in [0.15, 0.2) is 30.5 Å². The molecule has 0 spiro atoms. The summed E-state index contributed by atoms with van der Waals surface area (Å²) in [7, 11) is 0. The van der Waals surface area contributed by atoms with Gasteiger partial charge >= 0.3 is 0 Å². The zero-order chi connectivity index (χ0) is 13.2. The second-order valence-electron chi connectivity index (χ2n) is 4.36. The summed E-state index contributed by atoms with van der Waals surface area (Å²) in [6.07, 6.45) is 1.70. The standard InChI is InChI=1S/C13H12ClN3O2/c14-9-1-2-11-8(5-9)6-12(19-11)13(18)15-7-10-3-4-16-17-10/h1-5,12H,6-7H2,(H,15,18)(H,16,17)/t12-/m0/s1. The predicted molar refractivity (Wildman–Crippen MR) is 70.0 cm³/mol. The second-order valence-corrected chi connectivity index (χ2v) is 4.80. The van der Waals surface area contributed by atoms with E-state index in [0.717, 1.165) is 17.0 Å². The number of amides is 1. The molecule has 2 N–H and O–H groups in total. The Morgan fingerprint density at radius 1 is 1.53 bits per heavy atom. The monoisotopic (exact) mass is 277 g/mol. The molecule has 1 amide bonds. The third kappa shape index (κ3) is 2.56. The first-order valence-electron chi connectivity index (χ1n) is 5.93. The van der Waals surface area contributed by atoms with Crippen LogP contribution in [0.1, 0.15) is 11.3 Å². The van der Waals surface area contributed by atoms with Gasteiger partial charge in [-0.2, -0.15) is 5.10 Å². The number of H-pyrrole nitrogens is 1. The molecule has 19 heavy (non-hydrogen) atoms. The lowest BCUT2D eigenvalue weighted by molar-refractivity contribution is -0.127. The molecule has 2 aromatic rings. The molecule has 1 aromatic carbocycles. The van der Waals surface area contributed by atoms with E-state index in [1.807, 2.05) is 12.1 Å². The Hall–Kier alpha value is -2.01. The maximum absolute atomic E-state index is 12.0. The zero-order valence-corrected chi connectivity index (χ0v) is 10.8.